The number of furan rings is 1. The molecule has 0 unspecified atom stereocenters. The molecule has 3 heterocycles. The average Bonchev–Trinajstić information content (AvgIpc) is 3.85. The monoisotopic (exact) mass is 682 g/mol. The fraction of sp³-hybridized carbons (Fsp3) is 0.0208. The molecule has 0 saturated heterocycles. The van der Waals surface area contributed by atoms with Crippen molar-refractivity contribution in [2.45, 2.75) is 0 Å². The highest BCUT2D eigenvalue weighted by Gasteiger charge is 2.19. The molecule has 3 aromatic heterocycles. The lowest BCUT2D eigenvalue weighted by atomic mass is 9.97. The number of nitrogens with two attached hydrogens (primary N) is 1. The molecule has 0 amide bonds. The van der Waals surface area contributed by atoms with E-state index in [1.165, 1.54) is 70.8 Å². The Kier molecular flexibility index (Phi) is 6.95. The molecule has 11 aromatic rings. The summed E-state index contributed by atoms with van der Waals surface area (Å²) in [6.45, 7) is 0. The number of hydrogen-bond acceptors (Lipinski definition) is 3. The van der Waals surface area contributed by atoms with E-state index in [0.717, 1.165) is 10.9 Å². The van der Waals surface area contributed by atoms with Gasteiger partial charge in [0.25, 0.3) is 0 Å². The van der Waals surface area contributed by atoms with Gasteiger partial charge in [0.2, 0.25) is 0 Å². The Morgan fingerprint density at radius 2 is 1.04 bits per heavy atom. The second kappa shape index (κ2) is 12.0. The summed E-state index contributed by atoms with van der Waals surface area (Å²) in [6.07, 6.45) is 0. The van der Waals surface area contributed by atoms with Gasteiger partial charge in [0.05, 0.1) is 22.2 Å². The lowest BCUT2D eigenvalue weighted by Crippen LogP contribution is -2.02. The lowest BCUT2D eigenvalue weighted by molar-refractivity contribution is 0.606. The third-order valence-corrected chi connectivity index (χ3v) is 10.6. The highest BCUT2D eigenvalue weighted by Crippen LogP contribution is 2.42. The van der Waals surface area contributed by atoms with Crippen molar-refractivity contribution in [1.82, 2.24) is 9.13 Å². The number of aromatic nitrogens is 2. The minimum absolute atomic E-state index is 0.310. The van der Waals surface area contributed by atoms with Crippen molar-refractivity contribution in [2.75, 3.05) is 5.73 Å². The van der Waals surface area contributed by atoms with Gasteiger partial charge in [-0.05, 0) is 47.2 Å². The van der Waals surface area contributed by atoms with Gasteiger partial charge in [-0.25, -0.2) is 0 Å². The first-order chi connectivity index (χ1) is 26.1. The molecule has 8 aromatic carbocycles. The van der Waals surface area contributed by atoms with Crippen LogP contribution >= 0.6 is 0 Å². The third-order valence-electron chi connectivity index (χ3n) is 10.6. The van der Waals surface area contributed by atoms with Gasteiger partial charge < -0.3 is 19.3 Å². The maximum atomic E-state index is 8.17. The van der Waals surface area contributed by atoms with E-state index in [2.05, 4.69) is 131 Å². The summed E-state index contributed by atoms with van der Waals surface area (Å²) in [6, 6.07) is 59.0. The molecule has 5 nitrogen and oxygen atoms in total. The fourth-order valence-electron chi connectivity index (χ4n) is 8.19. The van der Waals surface area contributed by atoms with Crippen LogP contribution in [0, 0.1) is 5.41 Å². The Balaban J connectivity index is 0.000000164. The van der Waals surface area contributed by atoms with Crippen LogP contribution in [0.2, 0.25) is 0 Å². The average molecular weight is 683 g/mol. The molecule has 0 saturated carbocycles. The van der Waals surface area contributed by atoms with Crippen LogP contribution in [-0.2, 0) is 7.05 Å². The number of nitrogens with zero attached hydrogens (tertiary/aromatic N) is 2. The molecule has 0 spiro atoms. The van der Waals surface area contributed by atoms with Crippen molar-refractivity contribution in [2.24, 2.45) is 7.05 Å². The summed E-state index contributed by atoms with van der Waals surface area (Å²) in [5, 5.41) is 19.4. The van der Waals surface area contributed by atoms with E-state index in [-0.39, 0.29) is 0 Å². The van der Waals surface area contributed by atoms with Crippen molar-refractivity contribution in [3.05, 3.63) is 181 Å². The Morgan fingerprint density at radius 1 is 0.509 bits per heavy atom. The van der Waals surface area contributed by atoms with E-state index in [4.69, 9.17) is 15.6 Å². The number of para-hydroxylation sites is 4. The van der Waals surface area contributed by atoms with Crippen LogP contribution in [0.3, 0.4) is 0 Å². The Hall–Kier alpha value is -7.11. The minimum Gasteiger partial charge on any atom is -0.452 e. The van der Waals surface area contributed by atoms with Gasteiger partial charge in [-0.2, -0.15) is 0 Å². The van der Waals surface area contributed by atoms with E-state index >= 15 is 0 Å². The predicted octanol–water partition coefficient (Wildman–Crippen LogP) is 12.2. The molecule has 0 atom stereocenters. The number of benzene rings is 8. The molecule has 0 aliphatic heterocycles. The zero-order chi connectivity index (χ0) is 35.6. The van der Waals surface area contributed by atoms with E-state index < -0.39 is 0 Å². The van der Waals surface area contributed by atoms with Crippen LogP contribution in [0.5, 0.6) is 0 Å². The van der Waals surface area contributed by atoms with Crippen LogP contribution in [0.15, 0.2) is 174 Å². The number of rotatable bonds is 3. The number of aryl methyl sites for hydroxylation is 1. The Morgan fingerprint density at radius 3 is 1.75 bits per heavy atom. The van der Waals surface area contributed by atoms with Gasteiger partial charge in [-0.15, -0.1) is 0 Å². The first-order valence-electron chi connectivity index (χ1n) is 17.8. The summed E-state index contributed by atoms with van der Waals surface area (Å²) < 4.78 is 10.5. The van der Waals surface area contributed by atoms with Crippen molar-refractivity contribution >= 4 is 87.5 Å². The first-order valence-corrected chi connectivity index (χ1v) is 17.8. The third kappa shape index (κ3) is 4.68. The van der Waals surface area contributed by atoms with Crippen LogP contribution < -0.4 is 5.73 Å². The summed E-state index contributed by atoms with van der Waals surface area (Å²) in [4.78, 5) is 0. The first kappa shape index (κ1) is 30.7. The van der Waals surface area contributed by atoms with Gasteiger partial charge in [0.15, 0.2) is 5.76 Å². The van der Waals surface area contributed by atoms with Crippen molar-refractivity contribution in [1.29, 1.82) is 5.41 Å². The second-order valence-corrected chi connectivity index (χ2v) is 13.5. The van der Waals surface area contributed by atoms with Crippen molar-refractivity contribution in [3.63, 3.8) is 0 Å². The number of anilines is 1. The van der Waals surface area contributed by atoms with Gasteiger partial charge >= 0.3 is 0 Å². The highest BCUT2D eigenvalue weighted by molar-refractivity contribution is 6.29. The SMILES string of the molecule is Cn1c2ccccc2c2ccc3c(ccc4ccc5c6ccccc6n(-c6ccccc6)c5c43)c21.N=C(c1ccccc1)c1oc2ccccc2c1N. The topological polar surface area (TPSA) is 72.9 Å². The standard InChI is InChI=1S/C33H22N2.C15H12N2O/c1-34-29-13-7-5-11-23(29)26-20-19-25-28(32(26)34)18-16-21-15-17-27-24-12-6-8-14-30(24)35(33(27)31(21)25)22-9-3-2-4-10-22;16-13(10-6-2-1-3-7-10)15-14(17)11-8-4-5-9-12(11)18-15/h2-20H,1H3;1-9,16H,17H2. The normalized spacial score (nSPS) is 11.6. The van der Waals surface area contributed by atoms with Gasteiger partial charge in [0, 0.05) is 61.5 Å². The minimum atomic E-state index is 0.310. The second-order valence-electron chi connectivity index (χ2n) is 13.5. The zero-order valence-corrected chi connectivity index (χ0v) is 29.0. The molecule has 0 radical (unpaired) electrons. The van der Waals surface area contributed by atoms with Crippen LogP contribution in [-0.4, -0.2) is 14.8 Å². The maximum absolute atomic E-state index is 8.17. The number of nitrogen functional groups attached to an aromatic ring is 1. The molecule has 252 valence electrons. The van der Waals surface area contributed by atoms with Gasteiger partial charge in [-0.3, -0.25) is 5.41 Å². The Bertz CT molecular complexity index is 3200. The smallest absolute Gasteiger partial charge is 0.176 e. The zero-order valence-electron chi connectivity index (χ0n) is 29.0. The largest absolute Gasteiger partial charge is 0.452 e. The molecule has 53 heavy (non-hydrogen) atoms. The van der Waals surface area contributed by atoms with Crippen LogP contribution in [0.1, 0.15) is 11.3 Å². The molecular formula is C48H34N4O. The van der Waals surface area contributed by atoms with E-state index in [1.807, 2.05) is 54.6 Å². The van der Waals surface area contributed by atoms with Gasteiger partial charge in [-0.1, -0.05) is 133 Å². The fourth-order valence-corrected chi connectivity index (χ4v) is 8.19. The quantitative estimate of drug-likeness (QED) is 0.144. The summed E-state index contributed by atoms with van der Waals surface area (Å²) in [7, 11) is 2.19. The van der Waals surface area contributed by atoms with Crippen LogP contribution in [0.25, 0.3) is 81.8 Å². The molecule has 11 rings (SSSR count). The van der Waals surface area contributed by atoms with Crippen LogP contribution in [0.4, 0.5) is 5.69 Å². The molecule has 0 fully saturated rings. The number of nitrogens with one attached hydrogen (secondary N) is 1. The molecule has 5 heteroatoms. The Labute approximate surface area is 305 Å². The van der Waals surface area contributed by atoms with Gasteiger partial charge in [0.1, 0.15) is 11.3 Å². The molecule has 0 aliphatic rings. The van der Waals surface area contributed by atoms with E-state index in [9.17, 15) is 0 Å². The van der Waals surface area contributed by atoms with Crippen molar-refractivity contribution in [3.8, 4) is 5.69 Å². The number of fused-ring (bicyclic) bond motifs is 12. The molecule has 3 N–H and O–H groups in total. The van der Waals surface area contributed by atoms with Crippen molar-refractivity contribution < 1.29 is 4.42 Å². The highest BCUT2D eigenvalue weighted by atomic mass is 16.3. The van der Waals surface area contributed by atoms with E-state index in [0.29, 0.717) is 22.7 Å². The summed E-state index contributed by atoms with van der Waals surface area (Å²) in [5.74, 6) is 0.433. The molecule has 0 aliphatic carbocycles. The number of hydrogen-bond donors (Lipinski definition) is 2. The summed E-state index contributed by atoms with van der Waals surface area (Å²) in [5.41, 5.74) is 14.7. The molecule has 0 bridgehead atoms. The summed E-state index contributed by atoms with van der Waals surface area (Å²) >= 11 is 0. The predicted molar refractivity (Wildman–Crippen MR) is 223 cm³/mol. The van der Waals surface area contributed by atoms with E-state index in [1.54, 1.807) is 0 Å². The lowest BCUT2D eigenvalue weighted by Gasteiger charge is -2.12. The maximum Gasteiger partial charge on any atom is 0.176 e. The molecular weight excluding hydrogens is 649 g/mol.